The first kappa shape index (κ1) is 10.9. The lowest BCUT2D eigenvalue weighted by atomic mass is 9.84. The summed E-state index contributed by atoms with van der Waals surface area (Å²) < 4.78 is 0. The molecule has 4 unspecified atom stereocenters. The van der Waals surface area contributed by atoms with Gasteiger partial charge in [-0.15, -0.1) is 0 Å². The average molecular weight is 210 g/mol. The zero-order valence-corrected chi connectivity index (χ0v) is 9.92. The van der Waals surface area contributed by atoms with Crippen LogP contribution in [0.15, 0.2) is 0 Å². The number of hydrogen-bond donors (Lipinski definition) is 2. The minimum Gasteiger partial charge on any atom is -0.351 e. The first-order valence-corrected chi connectivity index (χ1v) is 5.96. The fourth-order valence-corrected chi connectivity index (χ4v) is 3.18. The van der Waals surface area contributed by atoms with Crippen LogP contribution in [0.1, 0.15) is 40.0 Å². The van der Waals surface area contributed by atoms with Gasteiger partial charge in [0, 0.05) is 11.6 Å². The van der Waals surface area contributed by atoms with Gasteiger partial charge in [0.2, 0.25) is 5.91 Å². The van der Waals surface area contributed by atoms with Gasteiger partial charge in [-0.2, -0.15) is 0 Å². The molecule has 2 aliphatic carbocycles. The Labute approximate surface area is 91.8 Å². The number of nitrogens with two attached hydrogens (primary N) is 1. The molecule has 0 spiro atoms. The van der Waals surface area contributed by atoms with E-state index in [9.17, 15) is 4.79 Å². The molecule has 0 saturated heterocycles. The van der Waals surface area contributed by atoms with Gasteiger partial charge in [-0.05, 0) is 51.9 Å². The van der Waals surface area contributed by atoms with Gasteiger partial charge in [0.15, 0.2) is 0 Å². The summed E-state index contributed by atoms with van der Waals surface area (Å²) in [5, 5.41) is 3.06. The Morgan fingerprint density at radius 1 is 1.27 bits per heavy atom. The van der Waals surface area contributed by atoms with Crippen molar-refractivity contribution in [1.82, 2.24) is 5.32 Å². The third-order valence-corrected chi connectivity index (χ3v) is 3.78. The van der Waals surface area contributed by atoms with Gasteiger partial charge in [0.25, 0.3) is 0 Å². The minimum atomic E-state index is -0.140. The highest BCUT2D eigenvalue weighted by molar-refractivity contribution is 5.81. The van der Waals surface area contributed by atoms with Crippen molar-refractivity contribution in [2.75, 3.05) is 0 Å². The second kappa shape index (κ2) is 3.48. The lowest BCUT2D eigenvalue weighted by molar-refractivity contribution is -0.128. The van der Waals surface area contributed by atoms with Crippen LogP contribution in [0.25, 0.3) is 0 Å². The van der Waals surface area contributed by atoms with Crippen LogP contribution in [0.5, 0.6) is 0 Å². The smallest absolute Gasteiger partial charge is 0.225 e. The Bertz CT molecular complexity index is 267. The van der Waals surface area contributed by atoms with E-state index in [4.69, 9.17) is 5.73 Å². The van der Waals surface area contributed by atoms with Crippen molar-refractivity contribution >= 4 is 5.91 Å². The van der Waals surface area contributed by atoms with Crippen LogP contribution in [-0.2, 0) is 4.79 Å². The van der Waals surface area contributed by atoms with Gasteiger partial charge in [-0.1, -0.05) is 0 Å². The molecule has 0 aromatic carbocycles. The molecular weight excluding hydrogens is 188 g/mol. The number of hydrogen-bond acceptors (Lipinski definition) is 2. The molecule has 0 radical (unpaired) electrons. The first-order valence-electron chi connectivity index (χ1n) is 5.96. The highest BCUT2D eigenvalue weighted by atomic mass is 16.2. The first-order chi connectivity index (χ1) is 6.88. The number of carbonyl (C=O) groups is 1. The summed E-state index contributed by atoms with van der Waals surface area (Å²) in [6, 6.07) is 0.103. The average Bonchev–Trinajstić information content (AvgIpc) is 2.59. The van der Waals surface area contributed by atoms with Crippen LogP contribution in [0.2, 0.25) is 0 Å². The number of fused-ring (bicyclic) bond motifs is 2. The molecule has 2 rings (SSSR count). The highest BCUT2D eigenvalue weighted by Crippen LogP contribution is 2.47. The SMILES string of the molecule is CC(C)(C)NC(=O)C1C2CCC(C2)C1N. The normalized spacial score (nSPS) is 39.5. The number of rotatable bonds is 1. The molecule has 3 heteroatoms. The Morgan fingerprint density at radius 3 is 2.33 bits per heavy atom. The Morgan fingerprint density at radius 2 is 1.87 bits per heavy atom. The predicted octanol–water partition coefficient (Wildman–Crippen LogP) is 1.27. The van der Waals surface area contributed by atoms with Crippen molar-refractivity contribution in [1.29, 1.82) is 0 Å². The summed E-state index contributed by atoms with van der Waals surface area (Å²) in [4.78, 5) is 12.1. The predicted molar refractivity (Wildman–Crippen MR) is 60.2 cm³/mol. The third kappa shape index (κ3) is 2.03. The lowest BCUT2D eigenvalue weighted by Gasteiger charge is -2.30. The summed E-state index contributed by atoms with van der Waals surface area (Å²) >= 11 is 0. The molecular formula is C12H22N2O. The second-order valence-electron chi connectivity index (χ2n) is 6.18. The summed E-state index contributed by atoms with van der Waals surface area (Å²) in [6.07, 6.45) is 3.59. The van der Waals surface area contributed by atoms with E-state index in [-0.39, 0.29) is 23.4 Å². The van der Waals surface area contributed by atoms with Gasteiger partial charge in [0.05, 0.1) is 5.92 Å². The van der Waals surface area contributed by atoms with Gasteiger partial charge in [-0.25, -0.2) is 0 Å². The van der Waals surface area contributed by atoms with Gasteiger partial charge in [0.1, 0.15) is 0 Å². The molecule has 0 aromatic rings. The fraction of sp³-hybridized carbons (Fsp3) is 0.917. The van der Waals surface area contributed by atoms with Crippen LogP contribution in [0.4, 0.5) is 0 Å². The maximum Gasteiger partial charge on any atom is 0.225 e. The molecule has 15 heavy (non-hydrogen) atoms. The Hall–Kier alpha value is -0.570. The van der Waals surface area contributed by atoms with Crippen molar-refractivity contribution in [3.8, 4) is 0 Å². The number of amides is 1. The molecule has 0 heterocycles. The van der Waals surface area contributed by atoms with E-state index in [2.05, 4.69) is 5.32 Å². The number of nitrogens with one attached hydrogen (secondary N) is 1. The standard InChI is InChI=1S/C12H22N2O/c1-12(2,3)14-11(15)9-7-4-5-8(6-7)10(9)13/h7-10H,4-6,13H2,1-3H3,(H,14,15). The summed E-state index contributed by atoms with van der Waals surface area (Å²) in [5.41, 5.74) is 5.98. The molecule has 86 valence electrons. The monoisotopic (exact) mass is 210 g/mol. The van der Waals surface area contributed by atoms with Crippen molar-refractivity contribution in [3.63, 3.8) is 0 Å². The topological polar surface area (TPSA) is 55.1 Å². The molecule has 2 bridgehead atoms. The van der Waals surface area contributed by atoms with E-state index in [1.165, 1.54) is 19.3 Å². The summed E-state index contributed by atoms with van der Waals surface area (Å²) in [7, 11) is 0. The maximum atomic E-state index is 12.1. The van der Waals surface area contributed by atoms with Gasteiger partial charge >= 0.3 is 0 Å². The van der Waals surface area contributed by atoms with Gasteiger partial charge in [-0.3, -0.25) is 4.79 Å². The second-order valence-corrected chi connectivity index (χ2v) is 6.18. The van der Waals surface area contributed by atoms with Crippen molar-refractivity contribution in [2.24, 2.45) is 23.5 Å². The van der Waals surface area contributed by atoms with Crippen LogP contribution >= 0.6 is 0 Å². The summed E-state index contributed by atoms with van der Waals surface area (Å²) in [6.45, 7) is 6.05. The number of carbonyl (C=O) groups excluding carboxylic acids is 1. The minimum absolute atomic E-state index is 0.0722. The molecule has 0 aromatic heterocycles. The molecule has 2 aliphatic rings. The van der Waals surface area contributed by atoms with E-state index in [1.807, 2.05) is 20.8 Å². The Balaban J connectivity index is 2.02. The van der Waals surface area contributed by atoms with Crippen molar-refractivity contribution in [2.45, 2.75) is 51.6 Å². The van der Waals surface area contributed by atoms with E-state index in [0.29, 0.717) is 11.8 Å². The zero-order chi connectivity index (χ0) is 11.2. The van der Waals surface area contributed by atoms with Crippen LogP contribution in [-0.4, -0.2) is 17.5 Å². The van der Waals surface area contributed by atoms with Crippen LogP contribution in [0, 0.1) is 17.8 Å². The molecule has 0 aliphatic heterocycles. The highest BCUT2D eigenvalue weighted by Gasteiger charge is 2.49. The maximum absolute atomic E-state index is 12.1. The molecule has 3 nitrogen and oxygen atoms in total. The Kier molecular flexibility index (Phi) is 2.53. The van der Waals surface area contributed by atoms with Crippen LogP contribution < -0.4 is 11.1 Å². The van der Waals surface area contributed by atoms with E-state index in [1.54, 1.807) is 0 Å². The van der Waals surface area contributed by atoms with E-state index < -0.39 is 0 Å². The van der Waals surface area contributed by atoms with Crippen LogP contribution in [0.3, 0.4) is 0 Å². The fourth-order valence-electron chi connectivity index (χ4n) is 3.18. The molecule has 2 fully saturated rings. The zero-order valence-electron chi connectivity index (χ0n) is 9.92. The summed E-state index contributed by atoms with van der Waals surface area (Å²) in [5.74, 6) is 1.39. The van der Waals surface area contributed by atoms with Gasteiger partial charge < -0.3 is 11.1 Å². The molecule has 3 N–H and O–H groups in total. The van der Waals surface area contributed by atoms with E-state index in [0.717, 1.165) is 0 Å². The molecule has 2 saturated carbocycles. The van der Waals surface area contributed by atoms with Crippen molar-refractivity contribution < 1.29 is 4.79 Å². The quantitative estimate of drug-likeness (QED) is 0.685. The third-order valence-electron chi connectivity index (χ3n) is 3.78. The largest absolute Gasteiger partial charge is 0.351 e. The molecule has 4 atom stereocenters. The lowest BCUT2D eigenvalue weighted by Crippen LogP contribution is -2.50. The van der Waals surface area contributed by atoms with E-state index >= 15 is 0 Å². The van der Waals surface area contributed by atoms with Crippen molar-refractivity contribution in [3.05, 3.63) is 0 Å². The molecule has 1 amide bonds.